The molecule has 1 aliphatic rings. The first-order chi connectivity index (χ1) is 8.88. The second kappa shape index (κ2) is 3.37. The molecule has 84 valence electrons. The smallest absolute Gasteiger partial charge is 0.0321 e. The van der Waals surface area contributed by atoms with Crippen LogP contribution in [-0.2, 0) is 6.42 Å². The molecule has 0 heterocycles. The molecule has 0 N–H and O–H groups in total. The van der Waals surface area contributed by atoms with Gasteiger partial charge in [0, 0.05) is 5.56 Å². The third kappa shape index (κ3) is 1.11. The molecule has 0 bridgehead atoms. The van der Waals surface area contributed by atoms with E-state index < -0.39 is 0 Å². The van der Waals surface area contributed by atoms with Crippen LogP contribution in [0.4, 0.5) is 0 Å². The highest BCUT2D eigenvalue weighted by atomic mass is 14.2. The molecule has 0 nitrogen and oxygen atoms in total. The lowest BCUT2D eigenvalue weighted by Crippen LogP contribution is -2.10. The molecule has 3 aromatic rings. The van der Waals surface area contributed by atoms with Gasteiger partial charge in [0.1, 0.15) is 0 Å². The van der Waals surface area contributed by atoms with Crippen molar-refractivity contribution in [3.63, 3.8) is 0 Å². The lowest BCUT2D eigenvalue weighted by molar-refractivity contribution is 1.04. The van der Waals surface area contributed by atoms with Crippen molar-refractivity contribution in [1.82, 2.24) is 0 Å². The van der Waals surface area contributed by atoms with E-state index in [0.717, 1.165) is 18.4 Å². The van der Waals surface area contributed by atoms with Crippen molar-refractivity contribution in [1.29, 1.82) is 0 Å². The molecule has 18 heavy (non-hydrogen) atoms. The Bertz CT molecular complexity index is 876. The van der Waals surface area contributed by atoms with Crippen LogP contribution in [0, 0.1) is 12.3 Å². The number of hydrogen-bond donors (Lipinski definition) is 0. The van der Waals surface area contributed by atoms with Crippen molar-refractivity contribution in [2.24, 2.45) is 0 Å². The maximum atomic E-state index is 5.61. The SMILES string of the molecule is C#Cc1ccc2ccc3c4c(ccc1c24)CCC=3. The zero-order chi connectivity index (χ0) is 12.1. The van der Waals surface area contributed by atoms with E-state index in [0.29, 0.717) is 0 Å². The molecule has 1 aliphatic carbocycles. The molecule has 0 heteroatoms. The van der Waals surface area contributed by atoms with Crippen molar-refractivity contribution >= 4 is 27.6 Å². The summed E-state index contributed by atoms with van der Waals surface area (Å²) in [5.74, 6) is 2.80. The number of terminal acetylenes is 1. The minimum atomic E-state index is 0.997. The third-order valence-electron chi connectivity index (χ3n) is 3.96. The Morgan fingerprint density at radius 2 is 1.83 bits per heavy atom. The first-order valence-corrected chi connectivity index (χ1v) is 6.32. The Morgan fingerprint density at radius 3 is 2.72 bits per heavy atom. The molecule has 4 rings (SSSR count). The van der Waals surface area contributed by atoms with Crippen molar-refractivity contribution in [2.75, 3.05) is 0 Å². The first kappa shape index (κ1) is 9.74. The van der Waals surface area contributed by atoms with Crippen molar-refractivity contribution in [2.45, 2.75) is 12.8 Å². The standard InChI is InChI=1S/C18H12/c1-2-12-6-7-15-9-8-13-4-3-5-14-10-11-16(12)18(15)17(13)14/h1,4,6-11H,3,5H2. The lowest BCUT2D eigenvalue weighted by Gasteiger charge is -2.15. The highest BCUT2D eigenvalue weighted by Gasteiger charge is 2.12. The van der Waals surface area contributed by atoms with Gasteiger partial charge in [0.2, 0.25) is 0 Å². The minimum Gasteiger partial charge on any atom is -0.115 e. The van der Waals surface area contributed by atoms with Gasteiger partial charge in [-0.15, -0.1) is 6.42 Å². The molecular formula is C18H12. The van der Waals surface area contributed by atoms with E-state index in [2.05, 4.69) is 42.3 Å². The summed E-state index contributed by atoms with van der Waals surface area (Å²) in [5, 5.41) is 6.62. The minimum absolute atomic E-state index is 0.997. The topological polar surface area (TPSA) is 0 Å². The average molecular weight is 228 g/mol. The number of hydrogen-bond acceptors (Lipinski definition) is 0. The van der Waals surface area contributed by atoms with Gasteiger partial charge in [-0.3, -0.25) is 0 Å². The van der Waals surface area contributed by atoms with Crippen molar-refractivity contribution in [3.8, 4) is 12.3 Å². The van der Waals surface area contributed by atoms with Gasteiger partial charge in [-0.1, -0.05) is 42.3 Å². The van der Waals surface area contributed by atoms with E-state index >= 15 is 0 Å². The van der Waals surface area contributed by atoms with Gasteiger partial charge in [0.25, 0.3) is 0 Å². The maximum Gasteiger partial charge on any atom is 0.0321 e. The van der Waals surface area contributed by atoms with Crippen molar-refractivity contribution in [3.05, 3.63) is 52.7 Å². The summed E-state index contributed by atoms with van der Waals surface area (Å²) >= 11 is 0. The lowest BCUT2D eigenvalue weighted by atomic mass is 9.89. The van der Waals surface area contributed by atoms with E-state index in [1.165, 1.54) is 32.3 Å². The van der Waals surface area contributed by atoms with Crippen LogP contribution in [0.3, 0.4) is 0 Å². The fourth-order valence-electron chi connectivity index (χ4n) is 3.14. The number of rotatable bonds is 0. The molecule has 0 radical (unpaired) electrons. The van der Waals surface area contributed by atoms with Crippen LogP contribution in [0.15, 0.2) is 36.4 Å². The molecule has 0 saturated carbocycles. The quantitative estimate of drug-likeness (QED) is 0.517. The third-order valence-corrected chi connectivity index (χ3v) is 3.96. The highest BCUT2D eigenvalue weighted by Crippen LogP contribution is 2.31. The fraction of sp³-hybridized carbons (Fsp3) is 0.111. The van der Waals surface area contributed by atoms with Gasteiger partial charge in [-0.2, -0.15) is 0 Å². The second-order valence-electron chi connectivity index (χ2n) is 4.90. The summed E-state index contributed by atoms with van der Waals surface area (Å²) in [7, 11) is 0. The Morgan fingerprint density at radius 1 is 0.944 bits per heavy atom. The Balaban J connectivity index is 2.40. The van der Waals surface area contributed by atoms with Crippen LogP contribution >= 0.6 is 0 Å². The van der Waals surface area contributed by atoms with Crippen LogP contribution in [0.25, 0.3) is 27.6 Å². The molecular weight excluding hydrogens is 216 g/mol. The summed E-state index contributed by atoms with van der Waals surface area (Å²) < 4.78 is 0. The van der Waals surface area contributed by atoms with Crippen LogP contribution in [0.1, 0.15) is 17.5 Å². The van der Waals surface area contributed by atoms with Crippen LogP contribution in [-0.4, -0.2) is 0 Å². The molecule has 0 fully saturated rings. The summed E-state index contributed by atoms with van der Waals surface area (Å²) in [6.45, 7) is 0. The van der Waals surface area contributed by atoms with Crippen molar-refractivity contribution < 1.29 is 0 Å². The maximum absolute atomic E-state index is 5.61. The Hall–Kier alpha value is -2.26. The largest absolute Gasteiger partial charge is 0.115 e. The zero-order valence-electron chi connectivity index (χ0n) is 10.0. The normalized spacial score (nSPS) is 13.5. The van der Waals surface area contributed by atoms with Gasteiger partial charge >= 0.3 is 0 Å². The number of benzene rings is 3. The van der Waals surface area contributed by atoms with E-state index in [9.17, 15) is 0 Å². The summed E-state index contributed by atoms with van der Waals surface area (Å²) in [6, 6.07) is 13.1. The Labute approximate surface area is 106 Å². The molecule has 0 aliphatic heterocycles. The van der Waals surface area contributed by atoms with E-state index in [1.807, 2.05) is 6.07 Å². The molecule has 0 spiro atoms. The summed E-state index contributed by atoms with van der Waals surface area (Å²) in [5.41, 5.74) is 2.46. The fourth-order valence-corrected chi connectivity index (χ4v) is 3.14. The number of aryl methyl sites for hydroxylation is 1. The zero-order valence-corrected chi connectivity index (χ0v) is 10.0. The first-order valence-electron chi connectivity index (χ1n) is 6.32. The predicted octanol–water partition coefficient (Wildman–Crippen LogP) is 3.42. The summed E-state index contributed by atoms with van der Waals surface area (Å²) in [6.07, 6.45) is 10.2. The molecule has 3 aromatic carbocycles. The molecule has 0 amide bonds. The second-order valence-corrected chi connectivity index (χ2v) is 4.90. The highest BCUT2D eigenvalue weighted by molar-refractivity contribution is 6.13. The average Bonchev–Trinajstić information content (AvgIpc) is 2.44. The Kier molecular flexibility index (Phi) is 1.82. The van der Waals surface area contributed by atoms with Crippen LogP contribution in [0.2, 0.25) is 0 Å². The van der Waals surface area contributed by atoms with Gasteiger partial charge in [0.15, 0.2) is 0 Å². The van der Waals surface area contributed by atoms with E-state index in [1.54, 1.807) is 0 Å². The van der Waals surface area contributed by atoms with Crippen LogP contribution in [0.5, 0.6) is 0 Å². The van der Waals surface area contributed by atoms with Crippen LogP contribution < -0.4 is 5.22 Å². The summed E-state index contributed by atoms with van der Waals surface area (Å²) in [4.78, 5) is 0. The predicted molar refractivity (Wildman–Crippen MR) is 77.4 cm³/mol. The monoisotopic (exact) mass is 228 g/mol. The van der Waals surface area contributed by atoms with Gasteiger partial charge < -0.3 is 0 Å². The van der Waals surface area contributed by atoms with E-state index in [-0.39, 0.29) is 0 Å². The van der Waals surface area contributed by atoms with Gasteiger partial charge in [-0.05, 0) is 51.2 Å². The van der Waals surface area contributed by atoms with Gasteiger partial charge in [-0.25, -0.2) is 0 Å². The molecule has 0 unspecified atom stereocenters. The van der Waals surface area contributed by atoms with E-state index in [4.69, 9.17) is 6.42 Å². The molecule has 0 atom stereocenters. The molecule has 0 aromatic heterocycles. The van der Waals surface area contributed by atoms with Gasteiger partial charge in [0.05, 0.1) is 0 Å². The molecule has 0 saturated heterocycles.